The summed E-state index contributed by atoms with van der Waals surface area (Å²) in [6, 6.07) is 11.8. The fraction of sp³-hybridized carbons (Fsp3) is 0.233. The first-order chi connectivity index (χ1) is 20.7. The Morgan fingerprint density at radius 3 is 2.47 bits per heavy atom. The summed E-state index contributed by atoms with van der Waals surface area (Å²) in [5, 5.41) is 11.3. The summed E-state index contributed by atoms with van der Waals surface area (Å²) in [7, 11) is 4.47. The van der Waals surface area contributed by atoms with Crippen LogP contribution in [0.1, 0.15) is 31.2 Å². The number of carbonyl (C=O) groups excluding carboxylic acids is 1. The second kappa shape index (κ2) is 12.0. The Labute approximate surface area is 248 Å². The van der Waals surface area contributed by atoms with Crippen LogP contribution in [0.2, 0.25) is 0 Å². The van der Waals surface area contributed by atoms with E-state index in [0.717, 1.165) is 11.3 Å². The summed E-state index contributed by atoms with van der Waals surface area (Å²) < 4.78 is 29.3. The van der Waals surface area contributed by atoms with Crippen LogP contribution < -0.4 is 29.1 Å². The highest BCUT2D eigenvalue weighted by molar-refractivity contribution is 7.07. The molecule has 0 amide bonds. The molecule has 1 aliphatic heterocycles. The fourth-order valence-electron chi connectivity index (χ4n) is 4.84. The Bertz CT molecular complexity index is 1950. The highest BCUT2D eigenvalue weighted by atomic mass is 32.1. The number of rotatable bonds is 9. The smallest absolute Gasteiger partial charge is 0.338 e. The number of ether oxygens (including phenoxy) is 4. The van der Waals surface area contributed by atoms with Gasteiger partial charge in [-0.15, -0.1) is 0 Å². The molecule has 2 aromatic heterocycles. The van der Waals surface area contributed by atoms with Crippen LogP contribution in [0.3, 0.4) is 0 Å². The number of non-ortho nitro benzene ring substituents is 1. The number of thiazole rings is 1. The first-order valence-corrected chi connectivity index (χ1v) is 13.9. The van der Waals surface area contributed by atoms with Crippen LogP contribution in [0.25, 0.3) is 17.4 Å². The Balaban J connectivity index is 1.65. The van der Waals surface area contributed by atoms with Gasteiger partial charge in [0.15, 0.2) is 16.3 Å². The number of benzene rings is 2. The molecule has 0 spiro atoms. The molecule has 0 bridgehead atoms. The van der Waals surface area contributed by atoms with Crippen LogP contribution in [0, 0.1) is 10.1 Å². The number of fused-ring (bicyclic) bond motifs is 1. The van der Waals surface area contributed by atoms with Crippen molar-refractivity contribution in [3.05, 3.63) is 101 Å². The molecular formula is C30H27N3O9S. The predicted molar refractivity (Wildman–Crippen MR) is 157 cm³/mol. The lowest BCUT2D eigenvalue weighted by Crippen LogP contribution is -2.39. The molecule has 43 heavy (non-hydrogen) atoms. The monoisotopic (exact) mass is 605 g/mol. The van der Waals surface area contributed by atoms with Gasteiger partial charge in [-0.05, 0) is 49.7 Å². The van der Waals surface area contributed by atoms with Gasteiger partial charge in [-0.25, -0.2) is 9.79 Å². The molecular weight excluding hydrogens is 578 g/mol. The van der Waals surface area contributed by atoms with Crippen molar-refractivity contribution in [2.75, 3.05) is 27.9 Å². The van der Waals surface area contributed by atoms with E-state index in [4.69, 9.17) is 23.4 Å². The maximum absolute atomic E-state index is 13.9. The topological polar surface area (TPSA) is 145 Å². The van der Waals surface area contributed by atoms with E-state index >= 15 is 0 Å². The lowest BCUT2D eigenvalue weighted by atomic mass is 9.95. The molecule has 0 aliphatic carbocycles. The third kappa shape index (κ3) is 5.42. The lowest BCUT2D eigenvalue weighted by Gasteiger charge is -2.25. The maximum Gasteiger partial charge on any atom is 0.338 e. The number of carbonyl (C=O) groups is 1. The van der Waals surface area contributed by atoms with Crippen molar-refractivity contribution in [2.24, 2.45) is 4.99 Å². The number of hydrogen-bond acceptors (Lipinski definition) is 11. The quantitative estimate of drug-likeness (QED) is 0.157. The van der Waals surface area contributed by atoms with E-state index in [1.165, 1.54) is 44.1 Å². The van der Waals surface area contributed by atoms with Crippen molar-refractivity contribution in [3.8, 4) is 28.6 Å². The van der Waals surface area contributed by atoms with Crippen molar-refractivity contribution in [1.29, 1.82) is 0 Å². The summed E-state index contributed by atoms with van der Waals surface area (Å²) in [5.74, 6) is 1.38. The predicted octanol–water partition coefficient (Wildman–Crippen LogP) is 3.99. The first-order valence-electron chi connectivity index (χ1n) is 13.0. The summed E-state index contributed by atoms with van der Waals surface area (Å²) >= 11 is 1.13. The largest absolute Gasteiger partial charge is 0.496 e. The summed E-state index contributed by atoms with van der Waals surface area (Å²) in [6.07, 6.45) is 1.56. The van der Waals surface area contributed by atoms with Gasteiger partial charge in [-0.2, -0.15) is 0 Å². The highest BCUT2D eigenvalue weighted by Gasteiger charge is 2.34. The molecule has 5 rings (SSSR count). The van der Waals surface area contributed by atoms with Crippen molar-refractivity contribution in [1.82, 2.24) is 4.57 Å². The van der Waals surface area contributed by atoms with E-state index in [0.29, 0.717) is 54.9 Å². The Morgan fingerprint density at radius 2 is 1.79 bits per heavy atom. The molecule has 4 aromatic rings. The van der Waals surface area contributed by atoms with Crippen molar-refractivity contribution < 1.29 is 33.1 Å². The Hall–Kier alpha value is -5.17. The van der Waals surface area contributed by atoms with E-state index < -0.39 is 22.5 Å². The molecule has 12 nitrogen and oxygen atoms in total. The lowest BCUT2D eigenvalue weighted by molar-refractivity contribution is -0.384. The molecule has 0 radical (unpaired) electrons. The van der Waals surface area contributed by atoms with E-state index in [9.17, 15) is 19.7 Å². The molecule has 222 valence electrons. The normalized spacial score (nSPS) is 14.6. The van der Waals surface area contributed by atoms with E-state index in [1.807, 2.05) is 0 Å². The number of aromatic nitrogens is 1. The minimum Gasteiger partial charge on any atom is -0.496 e. The third-order valence-electron chi connectivity index (χ3n) is 6.80. The number of hydrogen-bond donors (Lipinski definition) is 0. The molecule has 2 aromatic carbocycles. The van der Waals surface area contributed by atoms with Gasteiger partial charge in [-0.3, -0.25) is 19.5 Å². The van der Waals surface area contributed by atoms with Crippen molar-refractivity contribution in [2.45, 2.75) is 19.9 Å². The van der Waals surface area contributed by atoms with Crippen LogP contribution in [-0.2, 0) is 9.53 Å². The molecule has 0 fully saturated rings. The van der Waals surface area contributed by atoms with Crippen LogP contribution in [0.15, 0.2) is 74.0 Å². The van der Waals surface area contributed by atoms with Gasteiger partial charge in [0.05, 0.1) is 60.3 Å². The van der Waals surface area contributed by atoms with E-state index in [1.54, 1.807) is 50.3 Å². The standard InChI is InChI=1S/C30H27N3O9S/c1-6-41-29(35)26-16(2)31-30-32(27(26)17-7-10-23(39-4)24(13-17)40-5)28(34)25(43-30)15-19-9-12-22(42-19)20-14-18(33(36)37)8-11-21(20)38-3/h7-15,27H,6H2,1-5H3/b25-15+. The first kappa shape index (κ1) is 29.3. The molecule has 1 aliphatic rings. The SMILES string of the molecule is CCOC(=O)C1=C(C)N=c2s/c(=C/c3ccc(-c4cc([N+](=O)[O-])ccc4OC)o3)c(=O)n2C1c1ccc(OC)c(OC)c1. The molecule has 1 unspecified atom stereocenters. The van der Waals surface area contributed by atoms with Gasteiger partial charge in [-0.1, -0.05) is 17.4 Å². The van der Waals surface area contributed by atoms with E-state index in [-0.39, 0.29) is 17.9 Å². The van der Waals surface area contributed by atoms with Gasteiger partial charge in [0, 0.05) is 18.2 Å². The van der Waals surface area contributed by atoms with Crippen LogP contribution >= 0.6 is 11.3 Å². The summed E-state index contributed by atoms with van der Waals surface area (Å²) in [5.41, 5.74) is 1.12. The van der Waals surface area contributed by atoms with Gasteiger partial charge in [0.1, 0.15) is 17.3 Å². The number of nitrogens with zero attached hydrogens (tertiary/aromatic N) is 3. The number of furan rings is 1. The average Bonchev–Trinajstić information content (AvgIpc) is 3.59. The summed E-state index contributed by atoms with van der Waals surface area (Å²) in [6.45, 7) is 3.55. The minimum absolute atomic E-state index is 0.120. The number of nitro benzene ring substituents is 1. The molecule has 0 saturated carbocycles. The van der Waals surface area contributed by atoms with Gasteiger partial charge >= 0.3 is 5.97 Å². The second-order valence-corrected chi connectivity index (χ2v) is 10.3. The number of nitro groups is 1. The third-order valence-corrected chi connectivity index (χ3v) is 7.78. The molecule has 1 atom stereocenters. The van der Waals surface area contributed by atoms with Gasteiger partial charge in [0.25, 0.3) is 11.2 Å². The maximum atomic E-state index is 13.9. The zero-order chi connectivity index (χ0) is 30.8. The zero-order valence-corrected chi connectivity index (χ0v) is 24.7. The molecule has 0 N–H and O–H groups in total. The molecule has 0 saturated heterocycles. The average molecular weight is 606 g/mol. The summed E-state index contributed by atoms with van der Waals surface area (Å²) in [4.78, 5) is 42.9. The van der Waals surface area contributed by atoms with Crippen LogP contribution in [0.5, 0.6) is 17.2 Å². The molecule has 13 heteroatoms. The highest BCUT2D eigenvalue weighted by Crippen LogP contribution is 2.37. The zero-order valence-electron chi connectivity index (χ0n) is 23.9. The molecule has 3 heterocycles. The van der Waals surface area contributed by atoms with Crippen LogP contribution in [-0.4, -0.2) is 43.4 Å². The van der Waals surface area contributed by atoms with Crippen LogP contribution in [0.4, 0.5) is 5.69 Å². The van der Waals surface area contributed by atoms with Crippen molar-refractivity contribution in [3.63, 3.8) is 0 Å². The number of esters is 1. The van der Waals surface area contributed by atoms with Gasteiger partial charge in [0.2, 0.25) is 0 Å². The fourth-order valence-corrected chi connectivity index (χ4v) is 5.86. The van der Waals surface area contributed by atoms with E-state index in [2.05, 4.69) is 4.99 Å². The minimum atomic E-state index is -0.849. The number of allylic oxidation sites excluding steroid dienone is 1. The number of methoxy groups -OCH3 is 3. The van der Waals surface area contributed by atoms with Gasteiger partial charge < -0.3 is 23.4 Å². The van der Waals surface area contributed by atoms with Crippen molar-refractivity contribution >= 4 is 29.1 Å². The second-order valence-electron chi connectivity index (χ2n) is 9.26. The Kier molecular flexibility index (Phi) is 8.17. The Morgan fingerprint density at radius 1 is 1.07 bits per heavy atom.